The average molecular weight is 278 g/mol. The molecule has 0 unspecified atom stereocenters. The fraction of sp³-hybridized carbons (Fsp3) is 0.200. The van der Waals surface area contributed by atoms with Crippen LogP contribution in [0.2, 0.25) is 0 Å². The van der Waals surface area contributed by atoms with E-state index in [0.29, 0.717) is 5.16 Å². The Bertz CT molecular complexity index is 689. The monoisotopic (exact) mass is 278 g/mol. The molecule has 3 aromatic rings. The first-order valence-corrected chi connectivity index (χ1v) is 7.04. The molecule has 0 aromatic carbocycles. The summed E-state index contributed by atoms with van der Waals surface area (Å²) in [5, 5.41) is 12.6. The van der Waals surface area contributed by atoms with E-state index >= 15 is 0 Å². The second-order valence-electron chi connectivity index (χ2n) is 3.54. The topological polar surface area (TPSA) is 82.5 Å². The van der Waals surface area contributed by atoms with Crippen molar-refractivity contribution in [2.24, 2.45) is 0 Å². The summed E-state index contributed by atoms with van der Waals surface area (Å²) in [5.74, 6) is 6.67. The summed E-state index contributed by atoms with van der Waals surface area (Å²) in [6.45, 7) is 1.99. The van der Waals surface area contributed by atoms with Gasteiger partial charge in [0, 0.05) is 11.8 Å². The number of hydrogen-bond donors (Lipinski definition) is 1. The molecule has 0 spiro atoms. The molecule has 2 N–H and O–H groups in total. The lowest BCUT2D eigenvalue weighted by Crippen LogP contribution is -2.13. The van der Waals surface area contributed by atoms with Crippen molar-refractivity contribution in [3.63, 3.8) is 0 Å². The minimum atomic E-state index is 0.637. The molecule has 0 radical (unpaired) electrons. The van der Waals surface area contributed by atoms with Crippen LogP contribution in [-0.2, 0) is 6.42 Å². The molecule has 0 fully saturated rings. The minimum absolute atomic E-state index is 0.637. The highest BCUT2D eigenvalue weighted by Crippen LogP contribution is 2.31. The van der Waals surface area contributed by atoms with Crippen LogP contribution in [-0.4, -0.2) is 24.8 Å². The second kappa shape index (κ2) is 4.54. The molecule has 92 valence electrons. The summed E-state index contributed by atoms with van der Waals surface area (Å²) < 4.78 is 1.50. The standard InChI is InChI=1S/C10H10N6S2/c1-2-7-14-15-10(16(7)11)18-9-6-3-4-17-8(6)12-5-13-9/h3-5H,2,11H2,1H3. The predicted molar refractivity (Wildman–Crippen MR) is 71.1 cm³/mol. The van der Waals surface area contributed by atoms with Crippen molar-refractivity contribution < 1.29 is 0 Å². The molecule has 0 saturated carbocycles. The van der Waals surface area contributed by atoms with E-state index in [1.54, 1.807) is 17.7 Å². The molecule has 0 atom stereocenters. The summed E-state index contributed by atoms with van der Waals surface area (Å²) in [6.07, 6.45) is 2.31. The van der Waals surface area contributed by atoms with Crippen molar-refractivity contribution in [3.8, 4) is 0 Å². The normalized spacial score (nSPS) is 11.2. The fourth-order valence-electron chi connectivity index (χ4n) is 1.55. The molecular weight excluding hydrogens is 268 g/mol. The van der Waals surface area contributed by atoms with Crippen molar-refractivity contribution in [3.05, 3.63) is 23.6 Å². The largest absolute Gasteiger partial charge is 0.336 e. The molecule has 0 bridgehead atoms. The Morgan fingerprint density at radius 2 is 2.28 bits per heavy atom. The maximum Gasteiger partial charge on any atom is 0.216 e. The molecule has 0 aliphatic heterocycles. The van der Waals surface area contributed by atoms with Crippen molar-refractivity contribution in [2.75, 3.05) is 5.84 Å². The van der Waals surface area contributed by atoms with Gasteiger partial charge in [0.25, 0.3) is 0 Å². The molecule has 0 aliphatic rings. The number of nitrogens with zero attached hydrogens (tertiary/aromatic N) is 5. The highest BCUT2D eigenvalue weighted by atomic mass is 32.2. The van der Waals surface area contributed by atoms with Crippen LogP contribution in [0.1, 0.15) is 12.7 Å². The molecule has 3 rings (SSSR count). The van der Waals surface area contributed by atoms with Crippen LogP contribution in [0.3, 0.4) is 0 Å². The number of aryl methyl sites for hydroxylation is 1. The smallest absolute Gasteiger partial charge is 0.216 e. The van der Waals surface area contributed by atoms with Crippen LogP contribution in [0, 0.1) is 0 Å². The van der Waals surface area contributed by atoms with E-state index in [9.17, 15) is 0 Å². The average Bonchev–Trinajstić information content (AvgIpc) is 2.98. The zero-order valence-electron chi connectivity index (χ0n) is 9.57. The van der Waals surface area contributed by atoms with Gasteiger partial charge in [-0.2, -0.15) is 0 Å². The van der Waals surface area contributed by atoms with E-state index in [-0.39, 0.29) is 0 Å². The van der Waals surface area contributed by atoms with Gasteiger partial charge in [0.2, 0.25) is 5.16 Å². The number of nitrogen functional groups attached to an aromatic ring is 1. The van der Waals surface area contributed by atoms with Crippen LogP contribution >= 0.6 is 23.1 Å². The van der Waals surface area contributed by atoms with Crippen molar-refractivity contribution in [1.29, 1.82) is 0 Å². The third kappa shape index (κ3) is 1.83. The lowest BCUT2D eigenvalue weighted by atomic mass is 10.4. The Morgan fingerprint density at radius 1 is 1.39 bits per heavy atom. The molecule has 0 aliphatic carbocycles. The molecule has 3 heterocycles. The summed E-state index contributed by atoms with van der Waals surface area (Å²) >= 11 is 2.99. The zero-order valence-corrected chi connectivity index (χ0v) is 11.2. The van der Waals surface area contributed by atoms with E-state index in [1.165, 1.54) is 16.4 Å². The summed E-state index contributed by atoms with van der Waals surface area (Å²) in [4.78, 5) is 9.44. The van der Waals surface area contributed by atoms with Gasteiger partial charge in [0.1, 0.15) is 16.2 Å². The molecule has 18 heavy (non-hydrogen) atoms. The number of fused-ring (bicyclic) bond motifs is 1. The van der Waals surface area contributed by atoms with Gasteiger partial charge < -0.3 is 5.84 Å². The Balaban J connectivity index is 2.01. The van der Waals surface area contributed by atoms with Crippen LogP contribution in [0.5, 0.6) is 0 Å². The van der Waals surface area contributed by atoms with Gasteiger partial charge >= 0.3 is 0 Å². The SMILES string of the molecule is CCc1nnc(Sc2ncnc3sccc23)n1N. The number of rotatable bonds is 3. The Kier molecular flexibility index (Phi) is 2.88. The van der Waals surface area contributed by atoms with Gasteiger partial charge in [0.05, 0.1) is 0 Å². The lowest BCUT2D eigenvalue weighted by Gasteiger charge is -2.02. The summed E-state index contributed by atoms with van der Waals surface area (Å²) in [6, 6.07) is 2.00. The first kappa shape index (κ1) is 11.4. The van der Waals surface area contributed by atoms with E-state index in [4.69, 9.17) is 5.84 Å². The van der Waals surface area contributed by atoms with Crippen LogP contribution in [0.15, 0.2) is 28.0 Å². The molecule has 8 heteroatoms. The van der Waals surface area contributed by atoms with E-state index in [1.807, 2.05) is 18.4 Å². The Hall–Kier alpha value is -1.67. The minimum Gasteiger partial charge on any atom is -0.336 e. The first-order valence-electron chi connectivity index (χ1n) is 5.35. The second-order valence-corrected chi connectivity index (χ2v) is 5.39. The van der Waals surface area contributed by atoms with Gasteiger partial charge in [-0.25, -0.2) is 14.6 Å². The molecular formula is C10H10N6S2. The van der Waals surface area contributed by atoms with Gasteiger partial charge in [-0.05, 0) is 23.2 Å². The number of aromatic nitrogens is 5. The van der Waals surface area contributed by atoms with Gasteiger partial charge in [-0.15, -0.1) is 21.5 Å². The maximum absolute atomic E-state index is 5.91. The predicted octanol–water partition coefficient (Wildman–Crippen LogP) is 1.71. The molecule has 6 nitrogen and oxygen atoms in total. The number of hydrogen-bond acceptors (Lipinski definition) is 7. The Morgan fingerprint density at radius 3 is 3.06 bits per heavy atom. The summed E-state index contributed by atoms with van der Waals surface area (Å²) in [5.41, 5.74) is 0. The number of thiophene rings is 1. The van der Waals surface area contributed by atoms with E-state index in [0.717, 1.165) is 27.5 Å². The number of nitrogens with two attached hydrogens (primary N) is 1. The van der Waals surface area contributed by atoms with Crippen molar-refractivity contribution in [2.45, 2.75) is 23.5 Å². The van der Waals surface area contributed by atoms with Crippen LogP contribution in [0.4, 0.5) is 0 Å². The lowest BCUT2D eigenvalue weighted by molar-refractivity contribution is 0.795. The van der Waals surface area contributed by atoms with E-state index in [2.05, 4.69) is 20.2 Å². The Labute approximate surface area is 111 Å². The van der Waals surface area contributed by atoms with Crippen molar-refractivity contribution in [1.82, 2.24) is 24.8 Å². The first-order chi connectivity index (χ1) is 8.79. The fourth-order valence-corrected chi connectivity index (χ4v) is 3.18. The molecule has 0 amide bonds. The van der Waals surface area contributed by atoms with Crippen molar-refractivity contribution >= 4 is 33.3 Å². The zero-order chi connectivity index (χ0) is 12.5. The molecule has 3 aromatic heterocycles. The van der Waals surface area contributed by atoms with Crippen LogP contribution in [0.25, 0.3) is 10.2 Å². The highest BCUT2D eigenvalue weighted by Gasteiger charge is 2.13. The van der Waals surface area contributed by atoms with Gasteiger partial charge in [0.15, 0.2) is 5.82 Å². The highest BCUT2D eigenvalue weighted by molar-refractivity contribution is 7.99. The summed E-state index contributed by atoms with van der Waals surface area (Å²) in [7, 11) is 0. The van der Waals surface area contributed by atoms with Crippen LogP contribution < -0.4 is 5.84 Å². The third-order valence-corrected chi connectivity index (χ3v) is 4.26. The third-order valence-electron chi connectivity index (χ3n) is 2.46. The van der Waals surface area contributed by atoms with E-state index < -0.39 is 0 Å². The molecule has 0 saturated heterocycles. The maximum atomic E-state index is 5.91. The van der Waals surface area contributed by atoms with Gasteiger partial charge in [-0.3, -0.25) is 0 Å². The van der Waals surface area contributed by atoms with Gasteiger partial charge in [-0.1, -0.05) is 6.92 Å². The quantitative estimate of drug-likeness (QED) is 0.580.